The number of aromatic amines is 1. The lowest BCUT2D eigenvalue weighted by Gasteiger charge is -2.25. The molecule has 1 N–H and O–H groups in total. The summed E-state index contributed by atoms with van der Waals surface area (Å²) in [6.45, 7) is 5.69. The number of H-pyrrole nitrogens is 1. The first-order valence-electron chi connectivity index (χ1n) is 7.38. The number of nitrogens with zero attached hydrogens (tertiary/aromatic N) is 1. The monoisotopic (exact) mass is 306 g/mol. The standard InChI is InChI=1S/C17H22N2O.ClH/c1-3-8-19-9-6-13(7-10-19)16-12-18-17-11-14(20-2)4-5-15(16)17;/h4-6,11-12,18H,3,7-10H2,1-2H3;1H. The Morgan fingerprint density at radius 2 is 2.19 bits per heavy atom. The zero-order valence-electron chi connectivity index (χ0n) is 12.7. The molecule has 0 radical (unpaired) electrons. The fourth-order valence-corrected chi connectivity index (χ4v) is 2.97. The van der Waals surface area contributed by atoms with E-state index in [1.807, 2.05) is 6.07 Å². The molecule has 3 rings (SSSR count). The van der Waals surface area contributed by atoms with Gasteiger partial charge in [0.1, 0.15) is 5.75 Å². The van der Waals surface area contributed by atoms with Crippen LogP contribution in [0.5, 0.6) is 5.75 Å². The average molecular weight is 307 g/mol. The molecule has 114 valence electrons. The van der Waals surface area contributed by atoms with E-state index in [2.05, 4.69) is 41.2 Å². The van der Waals surface area contributed by atoms with Crippen molar-refractivity contribution in [2.45, 2.75) is 19.8 Å². The van der Waals surface area contributed by atoms with Gasteiger partial charge >= 0.3 is 0 Å². The minimum Gasteiger partial charge on any atom is -0.497 e. The Balaban J connectivity index is 0.00000161. The summed E-state index contributed by atoms with van der Waals surface area (Å²) in [7, 11) is 1.71. The van der Waals surface area contributed by atoms with Crippen molar-refractivity contribution in [3.8, 4) is 5.75 Å². The van der Waals surface area contributed by atoms with E-state index in [1.54, 1.807) is 7.11 Å². The molecule has 2 heterocycles. The van der Waals surface area contributed by atoms with Crippen LogP contribution in [0, 0.1) is 0 Å². The highest BCUT2D eigenvalue weighted by Crippen LogP contribution is 2.31. The van der Waals surface area contributed by atoms with Crippen molar-refractivity contribution in [2.75, 3.05) is 26.7 Å². The molecular weight excluding hydrogens is 284 g/mol. The lowest BCUT2D eigenvalue weighted by molar-refractivity contribution is 0.302. The molecule has 1 aromatic carbocycles. The van der Waals surface area contributed by atoms with Gasteiger partial charge in [0.2, 0.25) is 0 Å². The van der Waals surface area contributed by atoms with E-state index >= 15 is 0 Å². The normalized spacial score (nSPS) is 15.6. The predicted octanol–water partition coefficient (Wildman–Crippen LogP) is 4.10. The highest BCUT2D eigenvalue weighted by Gasteiger charge is 2.15. The van der Waals surface area contributed by atoms with Crippen molar-refractivity contribution in [3.63, 3.8) is 0 Å². The number of methoxy groups -OCH3 is 1. The van der Waals surface area contributed by atoms with Gasteiger partial charge in [0, 0.05) is 41.8 Å². The fourth-order valence-electron chi connectivity index (χ4n) is 2.97. The van der Waals surface area contributed by atoms with Crippen LogP contribution in [-0.2, 0) is 0 Å². The number of fused-ring (bicyclic) bond motifs is 1. The summed E-state index contributed by atoms with van der Waals surface area (Å²) in [6, 6.07) is 6.25. The lowest BCUT2D eigenvalue weighted by Crippen LogP contribution is -2.29. The molecule has 0 aliphatic carbocycles. The van der Waals surface area contributed by atoms with Crippen LogP contribution in [0.15, 0.2) is 30.5 Å². The van der Waals surface area contributed by atoms with E-state index in [0.717, 1.165) is 24.2 Å². The van der Waals surface area contributed by atoms with Crippen molar-refractivity contribution in [3.05, 3.63) is 36.0 Å². The molecule has 0 amide bonds. The van der Waals surface area contributed by atoms with Gasteiger partial charge in [0.05, 0.1) is 7.11 Å². The van der Waals surface area contributed by atoms with Crippen molar-refractivity contribution < 1.29 is 4.74 Å². The van der Waals surface area contributed by atoms with Crippen LogP contribution >= 0.6 is 12.4 Å². The van der Waals surface area contributed by atoms with Gasteiger partial charge in [-0.3, -0.25) is 4.90 Å². The largest absolute Gasteiger partial charge is 0.497 e. The Morgan fingerprint density at radius 3 is 2.86 bits per heavy atom. The van der Waals surface area contributed by atoms with Crippen molar-refractivity contribution >= 4 is 28.9 Å². The maximum absolute atomic E-state index is 5.28. The molecular formula is C17H23ClN2O. The number of hydrogen-bond donors (Lipinski definition) is 1. The maximum atomic E-state index is 5.28. The number of hydrogen-bond acceptors (Lipinski definition) is 2. The van der Waals surface area contributed by atoms with Gasteiger partial charge < -0.3 is 9.72 Å². The Labute approximate surface area is 132 Å². The van der Waals surface area contributed by atoms with Gasteiger partial charge in [-0.25, -0.2) is 0 Å². The Morgan fingerprint density at radius 1 is 1.33 bits per heavy atom. The summed E-state index contributed by atoms with van der Waals surface area (Å²) in [5.74, 6) is 0.901. The van der Waals surface area contributed by atoms with E-state index in [4.69, 9.17) is 4.74 Å². The second-order valence-electron chi connectivity index (χ2n) is 5.39. The topological polar surface area (TPSA) is 28.3 Å². The molecule has 0 saturated carbocycles. The first-order valence-corrected chi connectivity index (χ1v) is 7.38. The van der Waals surface area contributed by atoms with Gasteiger partial charge in [0.25, 0.3) is 0 Å². The highest BCUT2D eigenvalue weighted by atomic mass is 35.5. The van der Waals surface area contributed by atoms with Crippen LogP contribution in [0.3, 0.4) is 0 Å². The average Bonchev–Trinajstić information content (AvgIpc) is 2.91. The fraction of sp³-hybridized carbons (Fsp3) is 0.412. The third kappa shape index (κ3) is 3.25. The van der Waals surface area contributed by atoms with Gasteiger partial charge in [-0.15, -0.1) is 12.4 Å². The molecule has 1 aliphatic heterocycles. The Hall–Kier alpha value is -1.45. The van der Waals surface area contributed by atoms with E-state index in [-0.39, 0.29) is 12.4 Å². The summed E-state index contributed by atoms with van der Waals surface area (Å²) >= 11 is 0. The zero-order chi connectivity index (χ0) is 13.9. The van der Waals surface area contributed by atoms with Crippen LogP contribution in [0.1, 0.15) is 25.3 Å². The van der Waals surface area contributed by atoms with Gasteiger partial charge in [-0.2, -0.15) is 0 Å². The van der Waals surface area contributed by atoms with Gasteiger partial charge in [-0.1, -0.05) is 13.0 Å². The first kappa shape index (κ1) is 15.9. The molecule has 21 heavy (non-hydrogen) atoms. The van der Waals surface area contributed by atoms with Crippen LogP contribution in [0.4, 0.5) is 0 Å². The van der Waals surface area contributed by atoms with E-state index in [1.165, 1.54) is 36.0 Å². The molecule has 3 nitrogen and oxygen atoms in total. The molecule has 0 unspecified atom stereocenters. The second kappa shape index (κ2) is 7.01. The molecule has 0 atom stereocenters. The molecule has 0 spiro atoms. The Bertz CT molecular complexity index is 633. The van der Waals surface area contributed by atoms with Crippen LogP contribution in [-0.4, -0.2) is 36.6 Å². The van der Waals surface area contributed by atoms with Crippen molar-refractivity contribution in [1.29, 1.82) is 0 Å². The molecule has 4 heteroatoms. The second-order valence-corrected chi connectivity index (χ2v) is 5.39. The molecule has 0 bridgehead atoms. The lowest BCUT2D eigenvalue weighted by atomic mass is 9.99. The third-order valence-corrected chi connectivity index (χ3v) is 4.07. The van der Waals surface area contributed by atoms with Gasteiger partial charge in [0.15, 0.2) is 0 Å². The molecule has 1 aliphatic rings. The van der Waals surface area contributed by atoms with Crippen molar-refractivity contribution in [2.24, 2.45) is 0 Å². The molecule has 1 aromatic heterocycles. The maximum Gasteiger partial charge on any atom is 0.120 e. The Kier molecular flexibility index (Phi) is 5.32. The SMILES string of the molecule is CCCN1CC=C(c2c[nH]c3cc(OC)ccc23)CC1.Cl. The predicted molar refractivity (Wildman–Crippen MR) is 91.4 cm³/mol. The van der Waals surface area contributed by atoms with E-state index in [9.17, 15) is 0 Å². The number of halogens is 1. The van der Waals surface area contributed by atoms with E-state index < -0.39 is 0 Å². The number of ether oxygens (including phenoxy) is 1. The van der Waals surface area contributed by atoms with E-state index in [0.29, 0.717) is 0 Å². The summed E-state index contributed by atoms with van der Waals surface area (Å²) in [5.41, 5.74) is 3.96. The van der Waals surface area contributed by atoms with Crippen LogP contribution in [0.2, 0.25) is 0 Å². The smallest absolute Gasteiger partial charge is 0.120 e. The summed E-state index contributed by atoms with van der Waals surface area (Å²) in [6.07, 6.45) is 6.88. The number of nitrogens with one attached hydrogen (secondary N) is 1. The summed E-state index contributed by atoms with van der Waals surface area (Å²) in [5, 5.41) is 1.29. The van der Waals surface area contributed by atoms with Crippen LogP contribution < -0.4 is 4.74 Å². The first-order chi connectivity index (χ1) is 9.81. The number of aromatic nitrogens is 1. The minimum absolute atomic E-state index is 0. The zero-order valence-corrected chi connectivity index (χ0v) is 13.5. The highest BCUT2D eigenvalue weighted by molar-refractivity contribution is 5.93. The molecule has 2 aromatic rings. The third-order valence-electron chi connectivity index (χ3n) is 4.07. The van der Waals surface area contributed by atoms with Crippen LogP contribution in [0.25, 0.3) is 16.5 Å². The number of benzene rings is 1. The number of rotatable bonds is 4. The summed E-state index contributed by atoms with van der Waals surface area (Å²) in [4.78, 5) is 5.88. The summed E-state index contributed by atoms with van der Waals surface area (Å²) < 4.78 is 5.28. The molecule has 0 saturated heterocycles. The van der Waals surface area contributed by atoms with Crippen molar-refractivity contribution in [1.82, 2.24) is 9.88 Å². The van der Waals surface area contributed by atoms with Gasteiger partial charge in [-0.05, 0) is 37.1 Å². The molecule has 0 fully saturated rings. The quantitative estimate of drug-likeness (QED) is 0.921. The minimum atomic E-state index is 0.